The minimum Gasteiger partial charge on any atom is -0.462 e. The molecule has 19 heteroatoms. The van der Waals surface area contributed by atoms with Gasteiger partial charge in [0.1, 0.15) is 19.3 Å². The molecular formula is C85H162O17P2. The Labute approximate surface area is 637 Å². The maximum atomic E-state index is 13.1. The number of allylic oxidation sites excluding steroid dienone is 4. The molecule has 0 aliphatic heterocycles. The Balaban J connectivity index is 5.21. The Morgan fingerprint density at radius 2 is 0.519 bits per heavy atom. The molecule has 0 heterocycles. The van der Waals surface area contributed by atoms with Gasteiger partial charge in [0.05, 0.1) is 26.4 Å². The monoisotopic (exact) mass is 1520 g/mol. The molecule has 104 heavy (non-hydrogen) atoms. The molecule has 0 aromatic rings. The van der Waals surface area contributed by atoms with Gasteiger partial charge in [-0.25, -0.2) is 9.13 Å². The zero-order valence-electron chi connectivity index (χ0n) is 67.7. The molecule has 0 aliphatic carbocycles. The van der Waals surface area contributed by atoms with E-state index in [-0.39, 0.29) is 25.7 Å². The van der Waals surface area contributed by atoms with E-state index in [1.165, 1.54) is 238 Å². The van der Waals surface area contributed by atoms with E-state index < -0.39 is 97.5 Å². The van der Waals surface area contributed by atoms with Crippen molar-refractivity contribution < 1.29 is 80.2 Å². The predicted molar refractivity (Wildman–Crippen MR) is 428 cm³/mol. The number of carbonyl (C=O) groups excluding carboxylic acids is 4. The highest BCUT2D eigenvalue weighted by atomic mass is 31.2. The molecule has 0 saturated heterocycles. The van der Waals surface area contributed by atoms with Crippen LogP contribution < -0.4 is 0 Å². The molecule has 0 amide bonds. The van der Waals surface area contributed by atoms with Crippen molar-refractivity contribution in [3.63, 3.8) is 0 Å². The van der Waals surface area contributed by atoms with E-state index in [1.54, 1.807) is 0 Å². The third kappa shape index (κ3) is 77.7. The summed E-state index contributed by atoms with van der Waals surface area (Å²) in [5.41, 5.74) is 0. The number of ether oxygens (including phenoxy) is 4. The molecule has 2 unspecified atom stereocenters. The molecule has 0 rings (SSSR count). The van der Waals surface area contributed by atoms with Crippen molar-refractivity contribution in [3.8, 4) is 0 Å². The van der Waals surface area contributed by atoms with E-state index in [2.05, 4.69) is 58.9 Å². The first-order valence-electron chi connectivity index (χ1n) is 43.5. The van der Waals surface area contributed by atoms with E-state index in [4.69, 9.17) is 37.0 Å². The second-order valence-corrected chi connectivity index (χ2v) is 33.3. The van der Waals surface area contributed by atoms with Crippen LogP contribution in [-0.4, -0.2) is 96.7 Å². The van der Waals surface area contributed by atoms with E-state index in [0.717, 1.165) is 115 Å². The van der Waals surface area contributed by atoms with Crippen molar-refractivity contribution in [2.24, 2.45) is 5.92 Å². The van der Waals surface area contributed by atoms with Crippen LogP contribution in [0.4, 0.5) is 0 Å². The molecule has 5 atom stereocenters. The number of carbonyl (C=O) groups is 4. The zero-order chi connectivity index (χ0) is 76.2. The minimum absolute atomic E-state index is 0.0853. The smallest absolute Gasteiger partial charge is 0.462 e. The molecule has 0 fully saturated rings. The molecule has 0 aromatic carbocycles. The van der Waals surface area contributed by atoms with Crippen molar-refractivity contribution in [2.45, 2.75) is 451 Å². The fourth-order valence-corrected chi connectivity index (χ4v) is 14.3. The average Bonchev–Trinajstić information content (AvgIpc) is 0.907. The molecular weight excluding hydrogens is 1350 g/mol. The Hall–Kier alpha value is -2.46. The standard InChI is InChI=1S/C85H162O17P2/c1-6-9-12-15-18-21-23-25-27-28-29-30-31-32-33-39-43-47-51-56-61-66-71-85(90)102-81(75-96-83(88)69-64-59-54-49-45-41-38-35-34-37-40-44-48-52-57-62-67-78(4)5)77-100-104(93,94)98-73-79(86)72-97-103(91,92)99-76-80(74-95-82(87)68-63-58-53-20-17-14-11-8-3)101-84(89)70-65-60-55-50-46-42-36-26-24-22-19-16-13-10-7-2/h22,24,26,36,78-81,86H,6-21,23,25,27-35,37-77H2,1-5H3,(H,91,92)(H,93,94)/b24-22-,36-26-/t79-,80+,81+/m0/s1. The zero-order valence-corrected chi connectivity index (χ0v) is 69.4. The van der Waals surface area contributed by atoms with Gasteiger partial charge in [0, 0.05) is 25.7 Å². The van der Waals surface area contributed by atoms with E-state index >= 15 is 0 Å². The molecule has 614 valence electrons. The maximum Gasteiger partial charge on any atom is 0.472 e. The number of phosphoric acid groups is 2. The van der Waals surface area contributed by atoms with Crippen molar-refractivity contribution in [3.05, 3.63) is 24.3 Å². The summed E-state index contributed by atoms with van der Waals surface area (Å²) in [6, 6.07) is 0. The summed E-state index contributed by atoms with van der Waals surface area (Å²) < 4.78 is 68.7. The first-order chi connectivity index (χ1) is 50.5. The fourth-order valence-electron chi connectivity index (χ4n) is 12.8. The van der Waals surface area contributed by atoms with Crippen molar-refractivity contribution in [2.75, 3.05) is 39.6 Å². The van der Waals surface area contributed by atoms with Crippen LogP contribution in [-0.2, 0) is 65.4 Å². The van der Waals surface area contributed by atoms with Gasteiger partial charge < -0.3 is 33.8 Å². The quantitative estimate of drug-likeness (QED) is 0.0169. The third-order valence-corrected chi connectivity index (χ3v) is 21.3. The summed E-state index contributed by atoms with van der Waals surface area (Å²) in [5, 5.41) is 10.6. The fraction of sp³-hybridized carbons (Fsp3) is 0.906. The highest BCUT2D eigenvalue weighted by molar-refractivity contribution is 7.47. The lowest BCUT2D eigenvalue weighted by molar-refractivity contribution is -0.161. The van der Waals surface area contributed by atoms with Crippen LogP contribution >= 0.6 is 15.6 Å². The van der Waals surface area contributed by atoms with Crippen molar-refractivity contribution in [1.29, 1.82) is 0 Å². The number of hydrogen-bond donors (Lipinski definition) is 3. The molecule has 0 radical (unpaired) electrons. The van der Waals surface area contributed by atoms with Gasteiger partial charge in [-0.2, -0.15) is 0 Å². The largest absolute Gasteiger partial charge is 0.472 e. The highest BCUT2D eigenvalue weighted by Crippen LogP contribution is 2.45. The van der Waals surface area contributed by atoms with Gasteiger partial charge in [-0.05, 0) is 57.3 Å². The van der Waals surface area contributed by atoms with Crippen LogP contribution in [0.25, 0.3) is 0 Å². The Kier molecular flexibility index (Phi) is 75.4. The van der Waals surface area contributed by atoms with E-state index in [0.29, 0.717) is 25.7 Å². The molecule has 3 N–H and O–H groups in total. The number of rotatable bonds is 83. The normalized spacial score (nSPS) is 13.9. The van der Waals surface area contributed by atoms with Crippen LogP contribution in [0.15, 0.2) is 24.3 Å². The lowest BCUT2D eigenvalue weighted by Crippen LogP contribution is -2.30. The van der Waals surface area contributed by atoms with Gasteiger partial charge >= 0.3 is 39.5 Å². The highest BCUT2D eigenvalue weighted by Gasteiger charge is 2.30. The Morgan fingerprint density at radius 1 is 0.298 bits per heavy atom. The van der Waals surface area contributed by atoms with Crippen molar-refractivity contribution in [1.82, 2.24) is 0 Å². The predicted octanol–water partition coefficient (Wildman–Crippen LogP) is 25.5. The topological polar surface area (TPSA) is 237 Å². The molecule has 0 aliphatic rings. The number of esters is 4. The molecule has 0 spiro atoms. The number of unbranched alkanes of at least 4 members (excludes halogenated alkanes) is 52. The number of hydrogen-bond acceptors (Lipinski definition) is 15. The summed E-state index contributed by atoms with van der Waals surface area (Å²) in [4.78, 5) is 73.0. The maximum absolute atomic E-state index is 13.1. The number of aliphatic hydroxyl groups is 1. The lowest BCUT2D eigenvalue weighted by Gasteiger charge is -2.21. The van der Waals surface area contributed by atoms with Gasteiger partial charge in [0.25, 0.3) is 0 Å². The number of aliphatic hydroxyl groups excluding tert-OH is 1. The lowest BCUT2D eigenvalue weighted by atomic mass is 10.0. The SMILES string of the molecule is CCCCCC/C=C\C=C/CCCCCCCC(=O)O[C@H](COC(=O)CCCCCCCCCC)COP(=O)(O)OC[C@H](O)COP(=O)(O)OC[C@@H](COC(=O)CCCCCCCCCCCCCCCCCCC(C)C)OC(=O)CCCCCCCCCCCCCCCCCCCCCCCC. The van der Waals surface area contributed by atoms with Crippen LogP contribution in [0.2, 0.25) is 0 Å². The minimum atomic E-state index is -4.97. The molecule has 0 saturated carbocycles. The number of phosphoric ester groups is 2. The van der Waals surface area contributed by atoms with Crippen LogP contribution in [0.1, 0.15) is 433 Å². The van der Waals surface area contributed by atoms with Crippen molar-refractivity contribution >= 4 is 39.5 Å². The van der Waals surface area contributed by atoms with E-state index in [9.17, 15) is 43.2 Å². The summed E-state index contributed by atoms with van der Waals surface area (Å²) in [5.74, 6) is -1.33. The average molecular weight is 1520 g/mol. The third-order valence-electron chi connectivity index (χ3n) is 19.4. The van der Waals surface area contributed by atoms with Crippen LogP contribution in [0.5, 0.6) is 0 Å². The van der Waals surface area contributed by atoms with Gasteiger partial charge in [-0.3, -0.25) is 37.3 Å². The first-order valence-corrected chi connectivity index (χ1v) is 46.4. The second-order valence-electron chi connectivity index (χ2n) is 30.4. The van der Waals surface area contributed by atoms with Crippen LogP contribution in [0, 0.1) is 5.92 Å². The summed E-state index contributed by atoms with van der Waals surface area (Å²) in [7, 11) is -9.93. The first kappa shape index (κ1) is 102. The molecule has 17 nitrogen and oxygen atoms in total. The molecule has 0 bridgehead atoms. The molecule has 0 aromatic heterocycles. The summed E-state index contributed by atoms with van der Waals surface area (Å²) >= 11 is 0. The Morgan fingerprint density at radius 3 is 0.788 bits per heavy atom. The van der Waals surface area contributed by atoms with E-state index in [1.807, 2.05) is 0 Å². The summed E-state index contributed by atoms with van der Waals surface area (Å²) in [6.07, 6.45) is 73.2. The van der Waals surface area contributed by atoms with Gasteiger partial charge in [-0.1, -0.05) is 380 Å². The van der Waals surface area contributed by atoms with Gasteiger partial charge in [0.15, 0.2) is 12.2 Å². The van der Waals surface area contributed by atoms with Gasteiger partial charge in [0.2, 0.25) is 0 Å². The summed E-state index contributed by atoms with van der Waals surface area (Å²) in [6.45, 7) is 7.28. The van der Waals surface area contributed by atoms with Gasteiger partial charge in [-0.15, -0.1) is 0 Å². The van der Waals surface area contributed by atoms with Crippen LogP contribution in [0.3, 0.4) is 0 Å². The second kappa shape index (κ2) is 77.3. The Bertz CT molecular complexity index is 2070.